The van der Waals surface area contributed by atoms with Gasteiger partial charge in [-0.15, -0.1) is 18.3 Å². The third kappa shape index (κ3) is 3.84. The van der Waals surface area contributed by atoms with Gasteiger partial charge in [0, 0.05) is 21.2 Å². The summed E-state index contributed by atoms with van der Waals surface area (Å²) < 4.78 is 1.10. The third-order valence-electron chi connectivity index (χ3n) is 1.72. The lowest BCUT2D eigenvalue weighted by Gasteiger charge is -2.10. The summed E-state index contributed by atoms with van der Waals surface area (Å²) in [6.45, 7) is 3.70. The Morgan fingerprint density at radius 2 is 2.43 bits per heavy atom. The molecule has 0 saturated carbocycles. The Bertz CT molecular complexity index is 304. The number of hydrazine groups is 1. The Labute approximate surface area is 97.1 Å². The second-order valence-electron chi connectivity index (χ2n) is 2.78. The summed E-state index contributed by atoms with van der Waals surface area (Å²) in [4.78, 5) is 1.22. The second kappa shape index (κ2) is 6.24. The first-order valence-corrected chi connectivity index (χ1v) is 6.01. The third-order valence-corrected chi connectivity index (χ3v) is 3.33. The summed E-state index contributed by atoms with van der Waals surface area (Å²) in [6.07, 6.45) is 1.81. The number of rotatable bonds is 5. The molecule has 0 radical (unpaired) electrons. The van der Waals surface area contributed by atoms with Crippen molar-refractivity contribution in [3.05, 3.63) is 41.4 Å². The van der Waals surface area contributed by atoms with Crippen LogP contribution in [0.4, 0.5) is 0 Å². The summed E-state index contributed by atoms with van der Waals surface area (Å²) >= 11 is 5.18. The predicted octanol–water partition coefficient (Wildman–Crippen LogP) is 2.56. The maximum Gasteiger partial charge on any atom is 0.0481 e. The molecule has 1 aromatic rings. The predicted molar refractivity (Wildman–Crippen MR) is 66.2 cm³/mol. The average Bonchev–Trinajstić information content (AvgIpc) is 2.19. The van der Waals surface area contributed by atoms with Crippen molar-refractivity contribution in [2.45, 2.75) is 10.9 Å². The van der Waals surface area contributed by atoms with Gasteiger partial charge >= 0.3 is 0 Å². The molecular formula is C10H13BrN2S. The molecule has 1 unspecified atom stereocenters. The summed E-state index contributed by atoms with van der Waals surface area (Å²) in [5.74, 6) is 6.22. The van der Waals surface area contributed by atoms with Crippen LogP contribution in [0.15, 0.2) is 46.3 Å². The van der Waals surface area contributed by atoms with Gasteiger partial charge in [-0.25, -0.2) is 0 Å². The lowest BCUT2D eigenvalue weighted by Crippen LogP contribution is -2.35. The normalized spacial score (nSPS) is 12.4. The number of benzene rings is 1. The fraction of sp³-hybridized carbons (Fsp3) is 0.200. The number of halogens is 1. The fourth-order valence-corrected chi connectivity index (χ4v) is 2.47. The van der Waals surface area contributed by atoms with Crippen LogP contribution in [-0.2, 0) is 0 Å². The van der Waals surface area contributed by atoms with Crippen LogP contribution >= 0.6 is 27.7 Å². The van der Waals surface area contributed by atoms with Crippen LogP contribution < -0.4 is 11.3 Å². The van der Waals surface area contributed by atoms with E-state index < -0.39 is 0 Å². The zero-order valence-corrected chi connectivity index (χ0v) is 10.1. The van der Waals surface area contributed by atoms with Gasteiger partial charge in [0.15, 0.2) is 0 Å². The number of hydrogen-bond acceptors (Lipinski definition) is 3. The SMILES string of the molecule is C=CC(CSc1cccc(Br)c1)NN. The van der Waals surface area contributed by atoms with Crippen molar-refractivity contribution < 1.29 is 0 Å². The molecule has 0 bridgehead atoms. The van der Waals surface area contributed by atoms with E-state index in [9.17, 15) is 0 Å². The molecule has 4 heteroatoms. The van der Waals surface area contributed by atoms with Gasteiger partial charge in [0.25, 0.3) is 0 Å². The molecule has 0 amide bonds. The number of nitrogens with one attached hydrogen (secondary N) is 1. The second-order valence-corrected chi connectivity index (χ2v) is 4.79. The van der Waals surface area contributed by atoms with Crippen LogP contribution in [0.2, 0.25) is 0 Å². The molecule has 3 N–H and O–H groups in total. The summed E-state index contributed by atoms with van der Waals surface area (Å²) in [5.41, 5.74) is 2.69. The molecule has 1 rings (SSSR count). The van der Waals surface area contributed by atoms with Gasteiger partial charge in [0.05, 0.1) is 0 Å². The number of nitrogens with two attached hydrogens (primary N) is 1. The van der Waals surface area contributed by atoms with Crippen molar-refractivity contribution in [3.63, 3.8) is 0 Å². The fourth-order valence-electron chi connectivity index (χ4n) is 0.927. The van der Waals surface area contributed by atoms with Crippen molar-refractivity contribution in [1.29, 1.82) is 0 Å². The van der Waals surface area contributed by atoms with Gasteiger partial charge in [-0.3, -0.25) is 11.3 Å². The zero-order valence-electron chi connectivity index (χ0n) is 7.74. The molecule has 0 aromatic heterocycles. The van der Waals surface area contributed by atoms with E-state index in [1.165, 1.54) is 4.90 Å². The number of hydrogen-bond donors (Lipinski definition) is 2. The monoisotopic (exact) mass is 272 g/mol. The van der Waals surface area contributed by atoms with Crippen molar-refractivity contribution in [3.8, 4) is 0 Å². The molecule has 14 heavy (non-hydrogen) atoms. The first-order valence-electron chi connectivity index (χ1n) is 4.23. The molecule has 0 fully saturated rings. The van der Waals surface area contributed by atoms with E-state index >= 15 is 0 Å². The Hall–Kier alpha value is -0.290. The maximum absolute atomic E-state index is 5.33. The van der Waals surface area contributed by atoms with Crippen molar-refractivity contribution in [2.75, 3.05) is 5.75 Å². The smallest absolute Gasteiger partial charge is 0.0481 e. The van der Waals surface area contributed by atoms with Crippen molar-refractivity contribution >= 4 is 27.7 Å². The van der Waals surface area contributed by atoms with Crippen LogP contribution in [-0.4, -0.2) is 11.8 Å². The largest absolute Gasteiger partial charge is 0.271 e. The lowest BCUT2D eigenvalue weighted by molar-refractivity contribution is 0.678. The van der Waals surface area contributed by atoms with E-state index in [-0.39, 0.29) is 6.04 Å². The summed E-state index contributed by atoms with van der Waals surface area (Å²) in [5, 5.41) is 0. The van der Waals surface area contributed by atoms with Gasteiger partial charge in [0.2, 0.25) is 0 Å². The summed E-state index contributed by atoms with van der Waals surface area (Å²) in [6, 6.07) is 8.34. The number of thioether (sulfide) groups is 1. The minimum Gasteiger partial charge on any atom is -0.271 e. The molecular weight excluding hydrogens is 260 g/mol. The molecule has 0 aliphatic rings. The average molecular weight is 273 g/mol. The Balaban J connectivity index is 2.48. The minimum absolute atomic E-state index is 0.152. The van der Waals surface area contributed by atoms with E-state index in [4.69, 9.17) is 5.84 Å². The topological polar surface area (TPSA) is 38.0 Å². The highest BCUT2D eigenvalue weighted by molar-refractivity contribution is 9.10. The molecule has 2 nitrogen and oxygen atoms in total. The molecule has 1 aromatic carbocycles. The van der Waals surface area contributed by atoms with Gasteiger partial charge in [-0.2, -0.15) is 0 Å². The van der Waals surface area contributed by atoms with Crippen LogP contribution in [0.1, 0.15) is 0 Å². The van der Waals surface area contributed by atoms with Crippen molar-refractivity contribution in [2.24, 2.45) is 5.84 Å². The summed E-state index contributed by atoms with van der Waals surface area (Å²) in [7, 11) is 0. The minimum atomic E-state index is 0.152. The quantitative estimate of drug-likeness (QED) is 0.375. The van der Waals surface area contributed by atoms with Gasteiger partial charge in [-0.1, -0.05) is 28.1 Å². The first-order chi connectivity index (χ1) is 6.76. The molecule has 0 aliphatic carbocycles. The van der Waals surface area contributed by atoms with Gasteiger partial charge in [-0.05, 0) is 18.2 Å². The highest BCUT2D eigenvalue weighted by Gasteiger charge is 2.02. The van der Waals surface area contributed by atoms with Crippen molar-refractivity contribution in [1.82, 2.24) is 5.43 Å². The molecule has 76 valence electrons. The maximum atomic E-state index is 5.33. The highest BCUT2D eigenvalue weighted by atomic mass is 79.9. The van der Waals surface area contributed by atoms with E-state index in [2.05, 4.69) is 40.1 Å². The van der Waals surface area contributed by atoms with Gasteiger partial charge < -0.3 is 0 Å². The molecule has 0 saturated heterocycles. The zero-order chi connectivity index (χ0) is 10.4. The van der Waals surface area contributed by atoms with E-state index in [0.29, 0.717) is 0 Å². The van der Waals surface area contributed by atoms with Crippen LogP contribution in [0, 0.1) is 0 Å². The van der Waals surface area contributed by atoms with Gasteiger partial charge in [0.1, 0.15) is 0 Å². The molecule has 0 aliphatic heterocycles. The lowest BCUT2D eigenvalue weighted by atomic mass is 10.4. The first kappa shape index (κ1) is 11.8. The van der Waals surface area contributed by atoms with E-state index in [1.54, 1.807) is 11.8 Å². The molecule has 0 heterocycles. The Kier molecular flexibility index (Phi) is 5.25. The highest BCUT2D eigenvalue weighted by Crippen LogP contribution is 2.22. The van der Waals surface area contributed by atoms with Crippen LogP contribution in [0.5, 0.6) is 0 Å². The van der Waals surface area contributed by atoms with E-state index in [1.807, 2.05) is 18.2 Å². The van der Waals surface area contributed by atoms with Crippen LogP contribution in [0.3, 0.4) is 0 Å². The van der Waals surface area contributed by atoms with E-state index in [0.717, 1.165) is 10.2 Å². The Morgan fingerprint density at radius 3 is 3.00 bits per heavy atom. The molecule has 1 atom stereocenters. The Morgan fingerprint density at radius 1 is 1.64 bits per heavy atom. The van der Waals surface area contributed by atoms with Crippen LogP contribution in [0.25, 0.3) is 0 Å². The molecule has 0 spiro atoms. The standard InChI is InChI=1S/C10H13BrN2S/c1-2-9(13-12)7-14-10-5-3-4-8(11)6-10/h2-6,9,13H,1,7,12H2.